The van der Waals surface area contributed by atoms with Crippen LogP contribution in [0.4, 0.5) is 0 Å². The molecule has 1 aromatic carbocycles. The molecule has 1 aliphatic carbocycles. The van der Waals surface area contributed by atoms with E-state index in [4.69, 9.17) is 5.73 Å². The third kappa shape index (κ3) is 1.52. The highest BCUT2D eigenvalue weighted by atomic mass is 15.1. The fourth-order valence-corrected chi connectivity index (χ4v) is 2.16. The van der Waals surface area contributed by atoms with Crippen molar-refractivity contribution in [1.82, 2.24) is 9.55 Å². The van der Waals surface area contributed by atoms with Crippen LogP contribution in [0.25, 0.3) is 11.0 Å². The van der Waals surface area contributed by atoms with E-state index in [0.29, 0.717) is 6.04 Å². The molecule has 0 bridgehead atoms. The predicted molar refractivity (Wildman–Crippen MR) is 65.2 cm³/mol. The van der Waals surface area contributed by atoms with E-state index in [9.17, 15) is 0 Å². The number of rotatable bonds is 3. The van der Waals surface area contributed by atoms with Gasteiger partial charge >= 0.3 is 0 Å². The molecule has 3 heteroatoms. The van der Waals surface area contributed by atoms with Gasteiger partial charge in [-0.25, -0.2) is 4.98 Å². The molecular formula is C13H17N3. The topological polar surface area (TPSA) is 43.8 Å². The summed E-state index contributed by atoms with van der Waals surface area (Å²) in [5.74, 6) is 0. The first-order valence-corrected chi connectivity index (χ1v) is 6.01. The van der Waals surface area contributed by atoms with Gasteiger partial charge in [-0.3, -0.25) is 0 Å². The second kappa shape index (κ2) is 3.59. The Hall–Kier alpha value is -1.35. The van der Waals surface area contributed by atoms with E-state index in [1.165, 1.54) is 23.9 Å². The molecule has 0 amide bonds. The molecule has 0 aliphatic heterocycles. The molecule has 0 radical (unpaired) electrons. The van der Waals surface area contributed by atoms with Gasteiger partial charge in [0.2, 0.25) is 0 Å². The summed E-state index contributed by atoms with van der Waals surface area (Å²) < 4.78 is 2.29. The zero-order chi connectivity index (χ0) is 11.1. The van der Waals surface area contributed by atoms with Crippen molar-refractivity contribution in [2.75, 3.05) is 0 Å². The molecule has 1 atom stereocenters. The van der Waals surface area contributed by atoms with E-state index in [0.717, 1.165) is 11.9 Å². The van der Waals surface area contributed by atoms with Gasteiger partial charge in [0.15, 0.2) is 0 Å². The van der Waals surface area contributed by atoms with E-state index < -0.39 is 0 Å². The molecule has 3 nitrogen and oxygen atoms in total. The summed E-state index contributed by atoms with van der Waals surface area (Å²) in [4.78, 5) is 4.46. The Morgan fingerprint density at radius 2 is 2.31 bits per heavy atom. The molecule has 1 aromatic heterocycles. The minimum Gasteiger partial charge on any atom is -0.327 e. The summed E-state index contributed by atoms with van der Waals surface area (Å²) >= 11 is 0. The van der Waals surface area contributed by atoms with E-state index in [1.807, 2.05) is 6.33 Å². The first-order valence-electron chi connectivity index (χ1n) is 6.01. The van der Waals surface area contributed by atoms with Crippen LogP contribution in [0.1, 0.15) is 43.8 Å². The maximum absolute atomic E-state index is 6.03. The summed E-state index contributed by atoms with van der Waals surface area (Å²) in [6.45, 7) is 2.11. The molecule has 3 rings (SSSR count). The first-order chi connectivity index (χ1) is 7.79. The maximum atomic E-state index is 6.03. The summed E-state index contributed by atoms with van der Waals surface area (Å²) in [5, 5.41) is 0. The molecule has 84 valence electrons. The first kappa shape index (κ1) is 9.85. The van der Waals surface area contributed by atoms with Gasteiger partial charge in [-0.2, -0.15) is 0 Å². The van der Waals surface area contributed by atoms with Crippen LogP contribution in [0.15, 0.2) is 24.5 Å². The standard InChI is InChI=1S/C13H17N3/c1-2-11(14)9-3-6-13-12(7-9)15-8-16(13)10-4-5-10/h3,6-8,10-11H,2,4-5,14H2,1H3. The molecule has 2 N–H and O–H groups in total. The molecule has 1 heterocycles. The molecule has 0 saturated heterocycles. The van der Waals surface area contributed by atoms with Crippen molar-refractivity contribution >= 4 is 11.0 Å². The van der Waals surface area contributed by atoms with Crippen LogP contribution in [0.3, 0.4) is 0 Å². The van der Waals surface area contributed by atoms with Crippen LogP contribution < -0.4 is 5.73 Å². The number of fused-ring (bicyclic) bond motifs is 1. The Balaban J connectivity index is 2.05. The lowest BCUT2D eigenvalue weighted by molar-refractivity contribution is 0.699. The van der Waals surface area contributed by atoms with Crippen LogP contribution in [-0.4, -0.2) is 9.55 Å². The molecular weight excluding hydrogens is 198 g/mol. The zero-order valence-corrected chi connectivity index (χ0v) is 9.56. The Bertz CT molecular complexity index is 511. The highest BCUT2D eigenvalue weighted by Gasteiger charge is 2.24. The molecule has 2 aromatic rings. The molecule has 1 saturated carbocycles. The fraction of sp³-hybridized carbons (Fsp3) is 0.462. The number of hydrogen-bond acceptors (Lipinski definition) is 2. The third-order valence-electron chi connectivity index (χ3n) is 3.41. The number of nitrogens with two attached hydrogens (primary N) is 1. The highest BCUT2D eigenvalue weighted by Crippen LogP contribution is 2.37. The lowest BCUT2D eigenvalue weighted by atomic mass is 10.1. The van der Waals surface area contributed by atoms with Crippen LogP contribution in [0, 0.1) is 0 Å². The van der Waals surface area contributed by atoms with Gasteiger partial charge in [-0.15, -0.1) is 0 Å². The average Bonchev–Trinajstić information content (AvgIpc) is 3.08. The fourth-order valence-electron chi connectivity index (χ4n) is 2.16. The van der Waals surface area contributed by atoms with Crippen molar-refractivity contribution in [2.24, 2.45) is 5.73 Å². The van der Waals surface area contributed by atoms with Crippen molar-refractivity contribution in [2.45, 2.75) is 38.3 Å². The van der Waals surface area contributed by atoms with Crippen molar-refractivity contribution in [1.29, 1.82) is 0 Å². The molecule has 16 heavy (non-hydrogen) atoms. The van der Waals surface area contributed by atoms with Crippen molar-refractivity contribution in [3.63, 3.8) is 0 Å². The Morgan fingerprint density at radius 1 is 1.50 bits per heavy atom. The van der Waals surface area contributed by atoms with Gasteiger partial charge in [0, 0.05) is 12.1 Å². The summed E-state index contributed by atoms with van der Waals surface area (Å²) in [7, 11) is 0. The smallest absolute Gasteiger partial charge is 0.0960 e. The van der Waals surface area contributed by atoms with Crippen molar-refractivity contribution < 1.29 is 0 Å². The normalized spacial score (nSPS) is 17.9. The van der Waals surface area contributed by atoms with E-state index >= 15 is 0 Å². The number of benzene rings is 1. The van der Waals surface area contributed by atoms with E-state index in [1.54, 1.807) is 0 Å². The van der Waals surface area contributed by atoms with Crippen LogP contribution >= 0.6 is 0 Å². The molecule has 1 aliphatic rings. The van der Waals surface area contributed by atoms with E-state index in [-0.39, 0.29) is 6.04 Å². The van der Waals surface area contributed by atoms with Gasteiger partial charge in [0.25, 0.3) is 0 Å². The molecule has 1 unspecified atom stereocenters. The quantitative estimate of drug-likeness (QED) is 0.855. The predicted octanol–water partition coefficient (Wildman–Crippen LogP) is 2.78. The Labute approximate surface area is 95.3 Å². The molecule has 1 fully saturated rings. The minimum absolute atomic E-state index is 0.135. The second-order valence-electron chi connectivity index (χ2n) is 4.65. The van der Waals surface area contributed by atoms with E-state index in [2.05, 4.69) is 34.7 Å². The number of aromatic nitrogens is 2. The minimum atomic E-state index is 0.135. The Morgan fingerprint density at radius 3 is 3.00 bits per heavy atom. The van der Waals surface area contributed by atoms with Gasteiger partial charge < -0.3 is 10.3 Å². The number of imidazole rings is 1. The summed E-state index contributed by atoms with van der Waals surface area (Å²) in [6.07, 6.45) is 5.52. The summed E-state index contributed by atoms with van der Waals surface area (Å²) in [5.41, 5.74) is 9.54. The average molecular weight is 215 g/mol. The monoisotopic (exact) mass is 215 g/mol. The lowest BCUT2D eigenvalue weighted by Gasteiger charge is -2.09. The van der Waals surface area contributed by atoms with Crippen molar-refractivity contribution in [3.8, 4) is 0 Å². The van der Waals surface area contributed by atoms with Crippen molar-refractivity contribution in [3.05, 3.63) is 30.1 Å². The third-order valence-corrected chi connectivity index (χ3v) is 3.41. The second-order valence-corrected chi connectivity index (χ2v) is 4.65. The highest BCUT2D eigenvalue weighted by molar-refractivity contribution is 5.76. The SMILES string of the molecule is CCC(N)c1ccc2c(c1)ncn2C1CC1. The van der Waals surface area contributed by atoms with Crippen LogP contribution in [-0.2, 0) is 0 Å². The zero-order valence-electron chi connectivity index (χ0n) is 9.56. The van der Waals surface area contributed by atoms with Crippen LogP contribution in [0.5, 0.6) is 0 Å². The van der Waals surface area contributed by atoms with Gasteiger partial charge in [0.05, 0.1) is 17.4 Å². The number of nitrogens with zero attached hydrogens (tertiary/aromatic N) is 2. The summed E-state index contributed by atoms with van der Waals surface area (Å²) in [6, 6.07) is 7.25. The lowest BCUT2D eigenvalue weighted by Crippen LogP contribution is -2.08. The largest absolute Gasteiger partial charge is 0.327 e. The van der Waals surface area contributed by atoms with Gasteiger partial charge in [-0.1, -0.05) is 13.0 Å². The Kier molecular flexibility index (Phi) is 2.21. The number of hydrogen-bond donors (Lipinski definition) is 1. The van der Waals surface area contributed by atoms with Gasteiger partial charge in [-0.05, 0) is 37.0 Å². The van der Waals surface area contributed by atoms with Crippen LogP contribution in [0.2, 0.25) is 0 Å². The molecule has 0 spiro atoms. The maximum Gasteiger partial charge on any atom is 0.0960 e. The van der Waals surface area contributed by atoms with Gasteiger partial charge in [0.1, 0.15) is 0 Å².